The maximum atomic E-state index is 12.0. The topological polar surface area (TPSA) is 123 Å². The summed E-state index contributed by atoms with van der Waals surface area (Å²) in [5, 5.41) is 13.6. The summed E-state index contributed by atoms with van der Waals surface area (Å²) in [5.41, 5.74) is 0.0180. The van der Waals surface area contributed by atoms with Crippen molar-refractivity contribution in [3.63, 3.8) is 0 Å². The van der Waals surface area contributed by atoms with Crippen LogP contribution in [0.25, 0.3) is 0 Å². The molecule has 3 rings (SSSR count). The number of nitrogens with zero attached hydrogens (tertiary/aromatic N) is 2. The lowest BCUT2D eigenvalue weighted by molar-refractivity contribution is -0.118. The Balaban J connectivity index is 1.58. The molecule has 9 nitrogen and oxygen atoms in total. The molecule has 0 aliphatic rings. The third-order valence-electron chi connectivity index (χ3n) is 3.18. The number of rotatable bonds is 6. The van der Waals surface area contributed by atoms with Gasteiger partial charge < -0.3 is 14.5 Å². The number of amides is 2. The summed E-state index contributed by atoms with van der Waals surface area (Å²) in [6.45, 7) is 1.36. The highest BCUT2D eigenvalue weighted by Gasteiger charge is 2.15. The van der Waals surface area contributed by atoms with Crippen molar-refractivity contribution in [3.8, 4) is 5.75 Å². The number of aromatic nitrogens is 2. The van der Waals surface area contributed by atoms with Crippen LogP contribution in [0.15, 0.2) is 51.9 Å². The summed E-state index contributed by atoms with van der Waals surface area (Å²) in [7, 11) is 0. The van der Waals surface area contributed by atoms with Crippen LogP contribution in [0.1, 0.15) is 15.6 Å². The quantitative estimate of drug-likeness (QED) is 0.664. The molecular formula is C17H14N4O5S. The summed E-state index contributed by atoms with van der Waals surface area (Å²) >= 11 is 1.19. The Morgan fingerprint density at radius 3 is 2.63 bits per heavy atom. The average molecular weight is 386 g/mol. The first-order valence-corrected chi connectivity index (χ1v) is 8.55. The summed E-state index contributed by atoms with van der Waals surface area (Å²) in [6.07, 6.45) is 0.985. The highest BCUT2D eigenvalue weighted by atomic mass is 32.1. The van der Waals surface area contributed by atoms with Gasteiger partial charge in [0.2, 0.25) is 16.3 Å². The molecule has 0 fully saturated rings. The standard InChI is InChI=1S/C17H14N4O5S/c1-10-20-21-17(27-10)19-16(24)13-7-12(22)14(8-25-13)26-9-15(23)18-11-5-3-2-4-6-11/h2-8H,9H2,1H3,(H,18,23)(H,19,21,24). The van der Waals surface area contributed by atoms with Crippen molar-refractivity contribution in [2.24, 2.45) is 0 Å². The van der Waals surface area contributed by atoms with Gasteiger partial charge >= 0.3 is 0 Å². The van der Waals surface area contributed by atoms with Crippen molar-refractivity contribution in [2.45, 2.75) is 6.92 Å². The predicted molar refractivity (Wildman–Crippen MR) is 98.1 cm³/mol. The van der Waals surface area contributed by atoms with Crippen molar-refractivity contribution in [2.75, 3.05) is 17.2 Å². The van der Waals surface area contributed by atoms with Crippen LogP contribution < -0.4 is 20.8 Å². The summed E-state index contributed by atoms with van der Waals surface area (Å²) in [6, 6.07) is 9.79. The van der Waals surface area contributed by atoms with E-state index in [-0.39, 0.29) is 23.2 Å². The van der Waals surface area contributed by atoms with Gasteiger partial charge in [0.05, 0.1) is 0 Å². The van der Waals surface area contributed by atoms with E-state index in [4.69, 9.17) is 9.15 Å². The highest BCUT2D eigenvalue weighted by molar-refractivity contribution is 7.15. The van der Waals surface area contributed by atoms with Crippen LogP contribution in [0.4, 0.5) is 10.8 Å². The molecule has 0 saturated carbocycles. The lowest BCUT2D eigenvalue weighted by Crippen LogP contribution is -2.22. The van der Waals surface area contributed by atoms with Gasteiger partial charge in [0.15, 0.2) is 12.4 Å². The number of anilines is 2. The highest BCUT2D eigenvalue weighted by Crippen LogP contribution is 2.15. The number of nitrogens with one attached hydrogen (secondary N) is 2. The fraction of sp³-hybridized carbons (Fsp3) is 0.118. The van der Waals surface area contributed by atoms with Crippen LogP contribution in [0.3, 0.4) is 0 Å². The zero-order valence-corrected chi connectivity index (χ0v) is 14.9. The van der Waals surface area contributed by atoms with E-state index in [2.05, 4.69) is 20.8 Å². The first-order chi connectivity index (χ1) is 13.0. The number of carbonyl (C=O) groups is 2. The SMILES string of the molecule is Cc1nnc(NC(=O)c2cc(=O)c(OCC(=O)Nc3ccccc3)co2)s1. The second-order valence-electron chi connectivity index (χ2n) is 5.26. The summed E-state index contributed by atoms with van der Waals surface area (Å²) in [4.78, 5) is 35.9. The number of hydrogen-bond acceptors (Lipinski definition) is 8. The smallest absolute Gasteiger partial charge is 0.293 e. The van der Waals surface area contributed by atoms with Crippen molar-refractivity contribution in [1.29, 1.82) is 0 Å². The Morgan fingerprint density at radius 1 is 1.19 bits per heavy atom. The first-order valence-electron chi connectivity index (χ1n) is 7.73. The number of carbonyl (C=O) groups excluding carboxylic acids is 2. The molecule has 0 aliphatic heterocycles. The third-order valence-corrected chi connectivity index (χ3v) is 3.94. The van der Waals surface area contributed by atoms with E-state index in [9.17, 15) is 14.4 Å². The van der Waals surface area contributed by atoms with Gasteiger partial charge in [-0.1, -0.05) is 29.5 Å². The Hall–Kier alpha value is -3.53. The maximum Gasteiger partial charge on any atom is 0.293 e. The van der Waals surface area contributed by atoms with E-state index in [0.29, 0.717) is 10.7 Å². The molecule has 3 aromatic rings. The Kier molecular flexibility index (Phi) is 5.57. The number of ether oxygens (including phenoxy) is 1. The average Bonchev–Trinajstić information content (AvgIpc) is 3.06. The molecule has 2 heterocycles. The molecule has 0 unspecified atom stereocenters. The summed E-state index contributed by atoms with van der Waals surface area (Å²) < 4.78 is 10.3. The normalized spacial score (nSPS) is 10.3. The number of aryl methyl sites for hydroxylation is 1. The molecule has 0 bridgehead atoms. The van der Waals surface area contributed by atoms with Gasteiger partial charge in [-0.3, -0.25) is 19.7 Å². The Labute approximate surface area is 157 Å². The van der Waals surface area contributed by atoms with Crippen molar-refractivity contribution >= 4 is 34.0 Å². The molecule has 2 amide bonds. The second kappa shape index (κ2) is 8.23. The molecule has 0 saturated heterocycles. The monoisotopic (exact) mass is 386 g/mol. The lowest BCUT2D eigenvalue weighted by atomic mass is 10.3. The molecule has 27 heavy (non-hydrogen) atoms. The minimum absolute atomic E-state index is 0.179. The molecule has 0 radical (unpaired) electrons. The third kappa shape index (κ3) is 4.98. The molecule has 2 aromatic heterocycles. The van der Waals surface area contributed by atoms with Crippen LogP contribution >= 0.6 is 11.3 Å². The number of hydrogen-bond donors (Lipinski definition) is 2. The molecule has 10 heteroatoms. The summed E-state index contributed by atoms with van der Waals surface area (Å²) in [5.74, 6) is -1.47. The van der Waals surface area contributed by atoms with E-state index >= 15 is 0 Å². The van der Waals surface area contributed by atoms with E-state index in [1.807, 2.05) is 6.07 Å². The van der Waals surface area contributed by atoms with Crippen molar-refractivity contribution < 1.29 is 18.7 Å². The number of benzene rings is 1. The number of para-hydroxylation sites is 1. The minimum atomic E-state index is -0.642. The molecule has 1 aromatic carbocycles. The van der Waals surface area contributed by atoms with Gasteiger partial charge in [-0.15, -0.1) is 10.2 Å². The van der Waals surface area contributed by atoms with Crippen LogP contribution in [0, 0.1) is 6.92 Å². The molecule has 0 atom stereocenters. The molecule has 2 N–H and O–H groups in total. The fourth-order valence-corrected chi connectivity index (χ4v) is 2.58. The van der Waals surface area contributed by atoms with Gasteiger partial charge in [0.25, 0.3) is 11.8 Å². The molecule has 0 aliphatic carbocycles. The van der Waals surface area contributed by atoms with Crippen LogP contribution in [-0.2, 0) is 4.79 Å². The zero-order chi connectivity index (χ0) is 19.2. The van der Waals surface area contributed by atoms with E-state index in [0.717, 1.165) is 12.3 Å². The van der Waals surface area contributed by atoms with Gasteiger partial charge in [-0.2, -0.15) is 0 Å². The van der Waals surface area contributed by atoms with E-state index in [1.165, 1.54) is 11.3 Å². The predicted octanol–water partition coefficient (Wildman–Crippen LogP) is 2.07. The fourth-order valence-electron chi connectivity index (χ4n) is 1.99. The molecular weight excluding hydrogens is 372 g/mol. The van der Waals surface area contributed by atoms with Crippen LogP contribution in [-0.4, -0.2) is 28.6 Å². The van der Waals surface area contributed by atoms with Crippen LogP contribution in [0.2, 0.25) is 0 Å². The van der Waals surface area contributed by atoms with E-state index < -0.39 is 17.2 Å². The molecule has 0 spiro atoms. The minimum Gasteiger partial charge on any atom is -0.477 e. The maximum absolute atomic E-state index is 12.0. The van der Waals surface area contributed by atoms with Crippen molar-refractivity contribution in [3.05, 3.63) is 63.7 Å². The molecule has 138 valence electrons. The first kappa shape index (κ1) is 18.3. The zero-order valence-electron chi connectivity index (χ0n) is 14.1. The van der Waals surface area contributed by atoms with Gasteiger partial charge in [-0.25, -0.2) is 0 Å². The Bertz CT molecular complexity index is 1020. The lowest BCUT2D eigenvalue weighted by Gasteiger charge is -2.07. The van der Waals surface area contributed by atoms with E-state index in [1.54, 1.807) is 31.2 Å². The van der Waals surface area contributed by atoms with Gasteiger partial charge in [0, 0.05) is 11.8 Å². The Morgan fingerprint density at radius 2 is 1.96 bits per heavy atom. The van der Waals surface area contributed by atoms with Crippen LogP contribution in [0.5, 0.6) is 5.75 Å². The van der Waals surface area contributed by atoms with Gasteiger partial charge in [-0.05, 0) is 19.1 Å². The second-order valence-corrected chi connectivity index (χ2v) is 6.44. The largest absolute Gasteiger partial charge is 0.477 e. The van der Waals surface area contributed by atoms with Gasteiger partial charge in [0.1, 0.15) is 11.3 Å². The van der Waals surface area contributed by atoms with Crippen molar-refractivity contribution in [1.82, 2.24) is 10.2 Å².